The second kappa shape index (κ2) is 5.18. The van der Waals surface area contributed by atoms with Crippen molar-refractivity contribution in [3.05, 3.63) is 16.8 Å². The van der Waals surface area contributed by atoms with Crippen LogP contribution in [-0.2, 0) is 0 Å². The second-order valence-electron chi connectivity index (χ2n) is 5.19. The number of anilines is 1. The van der Waals surface area contributed by atoms with E-state index in [1.165, 1.54) is 12.8 Å². The van der Waals surface area contributed by atoms with Gasteiger partial charge >= 0.3 is 0 Å². The SMILES string of the molecule is Cc1nnc(NCC(C)C2CC2)c(C(N)=S)c1C. The van der Waals surface area contributed by atoms with Gasteiger partial charge in [-0.3, -0.25) is 0 Å². The molecule has 1 aliphatic carbocycles. The molecule has 1 aliphatic rings. The zero-order chi connectivity index (χ0) is 13.3. The van der Waals surface area contributed by atoms with Crippen LogP contribution >= 0.6 is 12.2 Å². The maximum absolute atomic E-state index is 5.79. The molecule has 98 valence electrons. The Kier molecular flexibility index (Phi) is 3.80. The van der Waals surface area contributed by atoms with Gasteiger partial charge in [-0.2, -0.15) is 5.10 Å². The highest BCUT2D eigenvalue weighted by molar-refractivity contribution is 7.80. The molecule has 1 aromatic rings. The number of thiocarbonyl (C=S) groups is 1. The van der Waals surface area contributed by atoms with Crippen LogP contribution in [0, 0.1) is 25.7 Å². The Labute approximate surface area is 113 Å². The van der Waals surface area contributed by atoms with Crippen LogP contribution in [0.4, 0.5) is 5.82 Å². The number of hydrogen-bond acceptors (Lipinski definition) is 4. The summed E-state index contributed by atoms with van der Waals surface area (Å²) in [5.41, 5.74) is 8.51. The lowest BCUT2D eigenvalue weighted by atomic mass is 10.1. The molecule has 0 saturated heterocycles. The summed E-state index contributed by atoms with van der Waals surface area (Å²) < 4.78 is 0. The Morgan fingerprint density at radius 2 is 2.11 bits per heavy atom. The maximum atomic E-state index is 5.79. The third-order valence-electron chi connectivity index (χ3n) is 3.72. The highest BCUT2D eigenvalue weighted by atomic mass is 32.1. The summed E-state index contributed by atoms with van der Waals surface area (Å²) in [6.07, 6.45) is 2.70. The van der Waals surface area contributed by atoms with Crippen molar-refractivity contribution >= 4 is 23.0 Å². The molecule has 18 heavy (non-hydrogen) atoms. The van der Waals surface area contributed by atoms with Gasteiger partial charge < -0.3 is 11.1 Å². The zero-order valence-electron chi connectivity index (χ0n) is 11.2. The summed E-state index contributed by atoms with van der Waals surface area (Å²) in [6, 6.07) is 0. The predicted octanol–water partition coefficient (Wildman–Crippen LogP) is 2.19. The van der Waals surface area contributed by atoms with E-state index < -0.39 is 0 Å². The molecule has 1 aromatic heterocycles. The third kappa shape index (κ3) is 2.77. The molecule has 0 bridgehead atoms. The molecule has 0 spiro atoms. The molecule has 3 N–H and O–H groups in total. The minimum atomic E-state index is 0.382. The van der Waals surface area contributed by atoms with Crippen LogP contribution in [0.15, 0.2) is 0 Å². The lowest BCUT2D eigenvalue weighted by Gasteiger charge is -2.16. The summed E-state index contributed by atoms with van der Waals surface area (Å²) >= 11 is 5.11. The largest absolute Gasteiger partial charge is 0.389 e. The van der Waals surface area contributed by atoms with Gasteiger partial charge in [0.25, 0.3) is 0 Å². The van der Waals surface area contributed by atoms with E-state index in [0.29, 0.717) is 10.9 Å². The molecule has 1 unspecified atom stereocenters. The number of nitrogens with two attached hydrogens (primary N) is 1. The third-order valence-corrected chi connectivity index (χ3v) is 3.92. The fourth-order valence-electron chi connectivity index (χ4n) is 2.12. The summed E-state index contributed by atoms with van der Waals surface area (Å²) in [7, 11) is 0. The van der Waals surface area contributed by atoms with E-state index in [-0.39, 0.29) is 0 Å². The van der Waals surface area contributed by atoms with Crippen LogP contribution in [0.1, 0.15) is 36.6 Å². The highest BCUT2D eigenvalue weighted by Crippen LogP contribution is 2.36. The Bertz CT molecular complexity index is 468. The molecule has 0 radical (unpaired) electrons. The fourth-order valence-corrected chi connectivity index (χ4v) is 2.37. The van der Waals surface area contributed by atoms with Gasteiger partial charge in [-0.1, -0.05) is 19.1 Å². The maximum Gasteiger partial charge on any atom is 0.159 e. The molecule has 0 amide bonds. The predicted molar refractivity (Wildman–Crippen MR) is 77.8 cm³/mol. The van der Waals surface area contributed by atoms with Gasteiger partial charge in [-0.25, -0.2) is 0 Å². The van der Waals surface area contributed by atoms with Crippen LogP contribution in [0.25, 0.3) is 0 Å². The van der Waals surface area contributed by atoms with Crippen molar-refractivity contribution in [2.24, 2.45) is 17.6 Å². The van der Waals surface area contributed by atoms with Gasteiger partial charge in [-0.15, -0.1) is 5.10 Å². The molecule has 0 aliphatic heterocycles. The summed E-state index contributed by atoms with van der Waals surface area (Å²) in [5, 5.41) is 11.7. The zero-order valence-corrected chi connectivity index (χ0v) is 12.0. The number of aromatic nitrogens is 2. The molecule has 1 fully saturated rings. The lowest BCUT2D eigenvalue weighted by molar-refractivity contribution is 0.535. The molecule has 2 rings (SSSR count). The van der Waals surface area contributed by atoms with Crippen molar-refractivity contribution < 1.29 is 0 Å². The quantitative estimate of drug-likeness (QED) is 0.798. The molecular formula is C13H20N4S. The molecule has 0 aromatic carbocycles. The minimum absolute atomic E-state index is 0.382. The minimum Gasteiger partial charge on any atom is -0.389 e. The first-order valence-electron chi connectivity index (χ1n) is 6.38. The second-order valence-corrected chi connectivity index (χ2v) is 5.63. The van der Waals surface area contributed by atoms with Gasteiger partial charge in [-0.05, 0) is 44.1 Å². The number of nitrogens with one attached hydrogen (secondary N) is 1. The smallest absolute Gasteiger partial charge is 0.159 e. The van der Waals surface area contributed by atoms with E-state index in [2.05, 4.69) is 22.4 Å². The van der Waals surface area contributed by atoms with Crippen molar-refractivity contribution in [3.63, 3.8) is 0 Å². The molecule has 1 heterocycles. The van der Waals surface area contributed by atoms with E-state index in [1.54, 1.807) is 0 Å². The van der Waals surface area contributed by atoms with Crippen LogP contribution in [0.5, 0.6) is 0 Å². The van der Waals surface area contributed by atoms with Gasteiger partial charge in [0.15, 0.2) is 5.82 Å². The fraction of sp³-hybridized carbons (Fsp3) is 0.615. The number of rotatable bonds is 5. The van der Waals surface area contributed by atoms with Gasteiger partial charge in [0.05, 0.1) is 11.3 Å². The Hall–Kier alpha value is -1.23. The molecule has 1 atom stereocenters. The molecule has 1 saturated carbocycles. The van der Waals surface area contributed by atoms with Crippen molar-refractivity contribution in [1.29, 1.82) is 0 Å². The van der Waals surface area contributed by atoms with E-state index in [1.807, 2.05) is 13.8 Å². The average molecular weight is 264 g/mol. The van der Waals surface area contributed by atoms with Crippen LogP contribution in [0.3, 0.4) is 0 Å². The van der Waals surface area contributed by atoms with E-state index in [9.17, 15) is 0 Å². The topological polar surface area (TPSA) is 63.8 Å². The standard InChI is InChI=1S/C13H20N4S/c1-7(10-4-5-10)6-15-13-11(12(14)18)8(2)9(3)16-17-13/h7,10H,4-6H2,1-3H3,(H2,14,18)(H,15,17). The van der Waals surface area contributed by atoms with Gasteiger partial charge in [0.1, 0.15) is 4.99 Å². The van der Waals surface area contributed by atoms with Crippen molar-refractivity contribution in [1.82, 2.24) is 10.2 Å². The van der Waals surface area contributed by atoms with E-state index in [4.69, 9.17) is 18.0 Å². The van der Waals surface area contributed by atoms with Crippen molar-refractivity contribution in [2.75, 3.05) is 11.9 Å². The molecule has 4 nitrogen and oxygen atoms in total. The van der Waals surface area contributed by atoms with Crippen LogP contribution < -0.4 is 11.1 Å². The first-order chi connectivity index (χ1) is 8.50. The van der Waals surface area contributed by atoms with Crippen LogP contribution in [-0.4, -0.2) is 21.7 Å². The van der Waals surface area contributed by atoms with Crippen LogP contribution in [0.2, 0.25) is 0 Å². The Morgan fingerprint density at radius 1 is 1.44 bits per heavy atom. The molecular weight excluding hydrogens is 244 g/mol. The summed E-state index contributed by atoms with van der Waals surface area (Å²) in [4.78, 5) is 0.382. The van der Waals surface area contributed by atoms with Crippen molar-refractivity contribution in [2.45, 2.75) is 33.6 Å². The molecule has 5 heteroatoms. The number of nitrogens with zero attached hydrogens (tertiary/aromatic N) is 2. The van der Waals surface area contributed by atoms with E-state index >= 15 is 0 Å². The van der Waals surface area contributed by atoms with Gasteiger partial charge in [0, 0.05) is 6.54 Å². The first kappa shape index (κ1) is 13.2. The van der Waals surface area contributed by atoms with Crippen molar-refractivity contribution in [3.8, 4) is 0 Å². The average Bonchev–Trinajstić information content (AvgIpc) is 3.13. The first-order valence-corrected chi connectivity index (χ1v) is 6.79. The Balaban J connectivity index is 2.16. The normalized spacial score (nSPS) is 16.4. The number of aryl methyl sites for hydroxylation is 1. The number of hydrogen-bond donors (Lipinski definition) is 2. The monoisotopic (exact) mass is 264 g/mol. The van der Waals surface area contributed by atoms with E-state index in [0.717, 1.165) is 35.1 Å². The summed E-state index contributed by atoms with van der Waals surface area (Å²) in [6.45, 7) is 7.06. The lowest BCUT2D eigenvalue weighted by Crippen LogP contribution is -2.21. The van der Waals surface area contributed by atoms with Gasteiger partial charge in [0.2, 0.25) is 0 Å². The summed E-state index contributed by atoms with van der Waals surface area (Å²) in [5.74, 6) is 2.25. The Morgan fingerprint density at radius 3 is 2.67 bits per heavy atom. The highest BCUT2D eigenvalue weighted by Gasteiger charge is 2.27.